The zero-order chi connectivity index (χ0) is 14.7. The second-order valence-electron chi connectivity index (χ2n) is 4.30. The van der Waals surface area contributed by atoms with Crippen LogP contribution in [0.1, 0.15) is 5.56 Å². The molecule has 0 fully saturated rings. The van der Waals surface area contributed by atoms with Crippen molar-refractivity contribution in [2.45, 2.75) is 9.92 Å². The summed E-state index contributed by atoms with van der Waals surface area (Å²) in [6, 6.07) is 13.4. The summed E-state index contributed by atoms with van der Waals surface area (Å²) in [6.07, 6.45) is 3.43. The molecule has 21 heavy (non-hydrogen) atoms. The first kappa shape index (κ1) is 13.4. The van der Waals surface area contributed by atoms with Crippen molar-refractivity contribution >= 4 is 28.5 Å². The number of para-hydroxylation sites is 1. The number of oxime groups is 1. The van der Waals surface area contributed by atoms with Crippen molar-refractivity contribution in [3.63, 3.8) is 0 Å². The number of hydrogen-bond donors (Lipinski definition) is 2. The number of nitrogens with two attached hydrogens (primary N) is 1. The molecule has 0 atom stereocenters. The second kappa shape index (κ2) is 5.80. The molecule has 0 saturated carbocycles. The summed E-state index contributed by atoms with van der Waals surface area (Å²) in [4.78, 5) is 9.58. The van der Waals surface area contributed by atoms with Gasteiger partial charge in [-0.25, -0.2) is 4.98 Å². The van der Waals surface area contributed by atoms with Gasteiger partial charge in [-0.1, -0.05) is 35.1 Å². The third-order valence-corrected chi connectivity index (χ3v) is 3.95. The Balaban J connectivity index is 2.14. The molecule has 3 rings (SSSR count). The maximum Gasteiger partial charge on any atom is 0.172 e. The van der Waals surface area contributed by atoms with E-state index in [0.29, 0.717) is 10.6 Å². The summed E-state index contributed by atoms with van der Waals surface area (Å²) in [7, 11) is 0. The lowest BCUT2D eigenvalue weighted by atomic mass is 10.1. The summed E-state index contributed by atoms with van der Waals surface area (Å²) >= 11 is 1.45. The first-order valence-corrected chi connectivity index (χ1v) is 7.05. The number of fused-ring (bicyclic) bond motifs is 1. The first-order valence-electron chi connectivity index (χ1n) is 6.23. The van der Waals surface area contributed by atoms with E-state index in [0.717, 1.165) is 15.8 Å². The lowest BCUT2D eigenvalue weighted by Gasteiger charge is -2.09. The number of amidine groups is 1. The van der Waals surface area contributed by atoms with Gasteiger partial charge in [0.15, 0.2) is 5.84 Å². The minimum Gasteiger partial charge on any atom is -0.409 e. The van der Waals surface area contributed by atoms with E-state index < -0.39 is 0 Å². The van der Waals surface area contributed by atoms with Crippen molar-refractivity contribution in [1.29, 1.82) is 0 Å². The topological polar surface area (TPSA) is 84.4 Å². The molecule has 2 heterocycles. The van der Waals surface area contributed by atoms with Gasteiger partial charge in [-0.2, -0.15) is 0 Å². The highest BCUT2D eigenvalue weighted by atomic mass is 32.2. The minimum atomic E-state index is 0.0461. The van der Waals surface area contributed by atoms with E-state index in [-0.39, 0.29) is 5.84 Å². The fraction of sp³-hybridized carbons (Fsp3) is 0. The molecule has 0 bridgehead atoms. The van der Waals surface area contributed by atoms with Gasteiger partial charge in [0, 0.05) is 22.7 Å². The van der Waals surface area contributed by atoms with Crippen molar-refractivity contribution in [2.75, 3.05) is 0 Å². The van der Waals surface area contributed by atoms with E-state index in [9.17, 15) is 0 Å². The van der Waals surface area contributed by atoms with Gasteiger partial charge < -0.3 is 10.9 Å². The Morgan fingerprint density at radius 1 is 1.14 bits per heavy atom. The van der Waals surface area contributed by atoms with Crippen LogP contribution >= 0.6 is 11.8 Å². The molecule has 5 nitrogen and oxygen atoms in total. The van der Waals surface area contributed by atoms with Crippen LogP contribution in [0.2, 0.25) is 0 Å². The maximum atomic E-state index is 8.97. The highest BCUT2D eigenvalue weighted by Gasteiger charge is 2.12. The molecule has 3 aromatic rings. The Labute approximate surface area is 125 Å². The lowest BCUT2D eigenvalue weighted by molar-refractivity contribution is 0.318. The number of rotatable bonds is 3. The number of benzene rings is 1. The summed E-state index contributed by atoms with van der Waals surface area (Å²) < 4.78 is 0. The highest BCUT2D eigenvalue weighted by molar-refractivity contribution is 7.99. The molecular weight excluding hydrogens is 284 g/mol. The smallest absolute Gasteiger partial charge is 0.172 e. The van der Waals surface area contributed by atoms with E-state index in [1.54, 1.807) is 12.4 Å². The van der Waals surface area contributed by atoms with Crippen molar-refractivity contribution in [3.05, 3.63) is 60.4 Å². The predicted octanol–water partition coefficient (Wildman–Crippen LogP) is 2.88. The molecule has 0 amide bonds. The maximum absolute atomic E-state index is 8.97. The molecular formula is C15H12N4OS. The normalized spacial score (nSPS) is 11.7. The summed E-state index contributed by atoms with van der Waals surface area (Å²) in [6.45, 7) is 0. The lowest BCUT2D eigenvalue weighted by Crippen LogP contribution is -2.15. The standard InChI is InChI=1S/C15H12N4OS/c16-14(19-20)12-9-10-3-1-2-4-13(10)18-15(12)21-11-5-7-17-8-6-11/h1-9,20H,(H2,16,19). The zero-order valence-corrected chi connectivity index (χ0v) is 11.8. The molecule has 3 N–H and O–H groups in total. The van der Waals surface area contributed by atoms with Crippen LogP contribution in [-0.2, 0) is 0 Å². The molecule has 0 unspecified atom stereocenters. The van der Waals surface area contributed by atoms with Crippen molar-refractivity contribution in [1.82, 2.24) is 9.97 Å². The Morgan fingerprint density at radius 3 is 2.67 bits per heavy atom. The van der Waals surface area contributed by atoms with Crippen molar-refractivity contribution in [3.8, 4) is 0 Å². The van der Waals surface area contributed by atoms with E-state index in [1.165, 1.54) is 11.8 Å². The quantitative estimate of drug-likeness (QED) is 0.336. The molecule has 1 aromatic carbocycles. The van der Waals surface area contributed by atoms with Crippen LogP contribution in [0.4, 0.5) is 0 Å². The van der Waals surface area contributed by atoms with Gasteiger partial charge in [-0.3, -0.25) is 4.98 Å². The first-order chi connectivity index (χ1) is 10.3. The molecule has 0 aliphatic carbocycles. The van der Waals surface area contributed by atoms with Gasteiger partial charge in [0.05, 0.1) is 11.1 Å². The Bertz CT molecular complexity index is 805. The highest BCUT2D eigenvalue weighted by Crippen LogP contribution is 2.30. The van der Waals surface area contributed by atoms with Crippen LogP contribution in [0, 0.1) is 0 Å². The Morgan fingerprint density at radius 2 is 1.90 bits per heavy atom. The molecule has 0 spiro atoms. The monoisotopic (exact) mass is 296 g/mol. The molecule has 0 radical (unpaired) electrons. The SMILES string of the molecule is N/C(=N/O)c1cc2ccccc2nc1Sc1ccncc1. The van der Waals surface area contributed by atoms with Crippen molar-refractivity contribution in [2.24, 2.45) is 10.9 Å². The zero-order valence-electron chi connectivity index (χ0n) is 11.0. The van der Waals surface area contributed by atoms with Crippen LogP contribution < -0.4 is 5.73 Å². The number of nitrogens with zero attached hydrogens (tertiary/aromatic N) is 3. The van der Waals surface area contributed by atoms with Gasteiger partial charge >= 0.3 is 0 Å². The molecule has 0 aliphatic rings. The minimum absolute atomic E-state index is 0.0461. The number of pyridine rings is 2. The van der Waals surface area contributed by atoms with E-state index >= 15 is 0 Å². The molecule has 0 saturated heterocycles. The van der Waals surface area contributed by atoms with Crippen LogP contribution in [0.25, 0.3) is 10.9 Å². The molecule has 2 aromatic heterocycles. The summed E-state index contributed by atoms with van der Waals surface area (Å²) in [5.74, 6) is 0.0461. The van der Waals surface area contributed by atoms with Gasteiger partial charge in [0.1, 0.15) is 5.03 Å². The van der Waals surface area contributed by atoms with Gasteiger partial charge in [0.2, 0.25) is 0 Å². The van der Waals surface area contributed by atoms with E-state index in [4.69, 9.17) is 10.9 Å². The summed E-state index contributed by atoms with van der Waals surface area (Å²) in [5.41, 5.74) is 7.25. The fourth-order valence-electron chi connectivity index (χ4n) is 1.93. The van der Waals surface area contributed by atoms with Crippen LogP contribution in [-0.4, -0.2) is 21.0 Å². The largest absolute Gasteiger partial charge is 0.409 e. The second-order valence-corrected chi connectivity index (χ2v) is 5.37. The Kier molecular flexibility index (Phi) is 3.70. The number of hydrogen-bond acceptors (Lipinski definition) is 5. The van der Waals surface area contributed by atoms with Gasteiger partial charge in [-0.05, 0) is 24.3 Å². The average Bonchev–Trinajstić information content (AvgIpc) is 2.54. The summed E-state index contributed by atoms with van der Waals surface area (Å²) in [5, 5.41) is 13.7. The van der Waals surface area contributed by atoms with E-state index in [2.05, 4.69) is 15.1 Å². The Hall–Kier alpha value is -2.60. The third kappa shape index (κ3) is 2.80. The molecule has 0 aliphatic heterocycles. The van der Waals surface area contributed by atoms with Crippen molar-refractivity contribution < 1.29 is 5.21 Å². The number of aromatic nitrogens is 2. The van der Waals surface area contributed by atoms with E-state index in [1.807, 2.05) is 42.5 Å². The van der Waals surface area contributed by atoms with Gasteiger partial charge in [0.25, 0.3) is 0 Å². The average molecular weight is 296 g/mol. The van der Waals surface area contributed by atoms with Crippen LogP contribution in [0.3, 0.4) is 0 Å². The molecule has 104 valence electrons. The molecule has 6 heteroatoms. The predicted molar refractivity (Wildman–Crippen MR) is 82.6 cm³/mol. The van der Waals surface area contributed by atoms with Crippen LogP contribution in [0.5, 0.6) is 0 Å². The third-order valence-electron chi connectivity index (χ3n) is 2.94. The van der Waals surface area contributed by atoms with Gasteiger partial charge in [-0.15, -0.1) is 0 Å². The van der Waals surface area contributed by atoms with Crippen LogP contribution in [0.15, 0.2) is 69.9 Å². The fourth-order valence-corrected chi connectivity index (χ4v) is 2.83.